The number of aromatic nitrogens is 2. The molecule has 1 amide bonds. The molecule has 252 valence electrons. The largest absolute Gasteiger partial charge is 0.444 e. The maximum Gasteiger partial charge on any atom is 0.416 e. The molecule has 0 aromatic carbocycles. The Bertz CT molecular complexity index is 1210. The molecule has 1 aromatic rings. The zero-order chi connectivity index (χ0) is 33.2. The third-order valence-electron chi connectivity index (χ3n) is 8.46. The normalized spacial score (nSPS) is 25.0. The summed E-state index contributed by atoms with van der Waals surface area (Å²) >= 11 is 0. The first-order valence-corrected chi connectivity index (χ1v) is 15.5. The van der Waals surface area contributed by atoms with E-state index in [9.17, 15) is 31.1 Å². The molecule has 2 fully saturated rings. The molecule has 1 unspecified atom stereocenters. The summed E-state index contributed by atoms with van der Waals surface area (Å²) in [7, 11) is 0. The van der Waals surface area contributed by atoms with E-state index in [1.165, 1.54) is 0 Å². The number of anilines is 2. The second-order valence-electron chi connectivity index (χ2n) is 12.9. The van der Waals surface area contributed by atoms with Crippen LogP contribution in [0.4, 0.5) is 42.8 Å². The van der Waals surface area contributed by atoms with Gasteiger partial charge in [-0.2, -0.15) is 26.3 Å². The number of ether oxygens (including phenoxy) is 2. The van der Waals surface area contributed by atoms with Crippen molar-refractivity contribution in [3.63, 3.8) is 0 Å². The standard InChI is InChI=1S/C31H43F6N5O3/c1-6-23-15-25(16-24(7-2)42(23)28(43)45-29(3,4)5)41(27-38-17-26(18-39-27)40-8-10-44-11-9-40)19-20-12-21(30(32,33)34)14-22(13-20)31(35,36)37/h12,14,17-18,22-25H,6-11,13,15-16,19H2,1-5H3/t22?,23-,24+,25+. The first-order chi connectivity index (χ1) is 21.0. The van der Waals surface area contributed by atoms with E-state index in [0.29, 0.717) is 52.0 Å². The second kappa shape index (κ2) is 13.8. The van der Waals surface area contributed by atoms with Crippen molar-refractivity contribution >= 4 is 17.7 Å². The van der Waals surface area contributed by atoms with Gasteiger partial charge in [-0.25, -0.2) is 14.8 Å². The molecule has 0 N–H and O–H groups in total. The van der Waals surface area contributed by atoms with E-state index < -0.39 is 42.0 Å². The first-order valence-electron chi connectivity index (χ1n) is 15.5. The number of rotatable bonds is 7. The molecule has 45 heavy (non-hydrogen) atoms. The van der Waals surface area contributed by atoms with Crippen LogP contribution in [-0.2, 0) is 9.47 Å². The van der Waals surface area contributed by atoms with Crippen molar-refractivity contribution in [2.24, 2.45) is 5.92 Å². The molecule has 0 bridgehead atoms. The van der Waals surface area contributed by atoms with E-state index in [-0.39, 0.29) is 42.3 Å². The van der Waals surface area contributed by atoms with Crippen LogP contribution in [0.2, 0.25) is 0 Å². The van der Waals surface area contributed by atoms with E-state index in [4.69, 9.17) is 9.47 Å². The Balaban J connectivity index is 1.70. The van der Waals surface area contributed by atoms with Gasteiger partial charge in [-0.3, -0.25) is 0 Å². The fourth-order valence-electron chi connectivity index (χ4n) is 6.25. The number of piperidine rings is 1. The SMILES string of the molecule is CC[C@@H]1C[C@H](N(CC2=CC(C(F)(F)F)=CC(C(F)(F)F)C2)c2ncc(N3CCOCC3)cn2)C[C@H](CC)N1C(=O)OC(C)(C)C. The number of hydrogen-bond acceptors (Lipinski definition) is 7. The summed E-state index contributed by atoms with van der Waals surface area (Å²) in [6, 6.07) is -0.904. The van der Waals surface area contributed by atoms with Crippen LogP contribution >= 0.6 is 0 Å². The summed E-state index contributed by atoms with van der Waals surface area (Å²) in [5, 5.41) is 0. The molecule has 1 aliphatic carbocycles. The third kappa shape index (κ3) is 8.82. The Hall–Kier alpha value is -3.03. The smallest absolute Gasteiger partial charge is 0.416 e. The fourth-order valence-corrected chi connectivity index (χ4v) is 6.25. The van der Waals surface area contributed by atoms with Crippen LogP contribution in [0.1, 0.15) is 66.7 Å². The molecular weight excluding hydrogens is 604 g/mol. The number of alkyl halides is 6. The van der Waals surface area contributed by atoms with E-state index in [0.717, 1.165) is 11.8 Å². The van der Waals surface area contributed by atoms with Crippen molar-refractivity contribution < 1.29 is 40.6 Å². The number of carbonyl (C=O) groups is 1. The Morgan fingerprint density at radius 2 is 1.58 bits per heavy atom. The quantitative estimate of drug-likeness (QED) is 0.293. The number of nitrogens with zero attached hydrogens (tertiary/aromatic N) is 5. The molecule has 8 nitrogen and oxygen atoms in total. The molecule has 14 heteroatoms. The van der Waals surface area contributed by atoms with Crippen molar-refractivity contribution in [2.75, 3.05) is 42.6 Å². The number of morpholine rings is 1. The average molecular weight is 648 g/mol. The van der Waals surface area contributed by atoms with Gasteiger partial charge in [0.2, 0.25) is 5.95 Å². The molecule has 1 aromatic heterocycles. The average Bonchev–Trinajstić information content (AvgIpc) is 2.97. The van der Waals surface area contributed by atoms with E-state index in [1.807, 2.05) is 13.8 Å². The van der Waals surface area contributed by atoms with Gasteiger partial charge in [0.1, 0.15) is 5.60 Å². The number of amides is 1. The lowest BCUT2D eigenvalue weighted by molar-refractivity contribution is -0.162. The van der Waals surface area contributed by atoms with Gasteiger partial charge >= 0.3 is 18.4 Å². The van der Waals surface area contributed by atoms with Crippen molar-refractivity contribution in [2.45, 2.75) is 103 Å². The van der Waals surface area contributed by atoms with Gasteiger partial charge in [-0.05, 0) is 64.5 Å². The lowest BCUT2D eigenvalue weighted by Crippen LogP contribution is -2.58. The van der Waals surface area contributed by atoms with Crippen molar-refractivity contribution in [3.8, 4) is 0 Å². The summed E-state index contributed by atoms with van der Waals surface area (Å²) in [6.45, 7) is 11.4. The van der Waals surface area contributed by atoms with Gasteiger partial charge in [0.05, 0.1) is 42.8 Å². The molecular formula is C31H43F6N5O3. The molecule has 0 spiro atoms. The number of carbonyl (C=O) groups excluding carboxylic acids is 1. The van der Waals surface area contributed by atoms with Gasteiger partial charge in [0.25, 0.3) is 0 Å². The van der Waals surface area contributed by atoms with Crippen molar-refractivity contribution in [1.29, 1.82) is 0 Å². The second-order valence-corrected chi connectivity index (χ2v) is 12.9. The third-order valence-corrected chi connectivity index (χ3v) is 8.46. The summed E-state index contributed by atoms with van der Waals surface area (Å²) in [5.74, 6) is -2.05. The van der Waals surface area contributed by atoms with Crippen LogP contribution in [0.25, 0.3) is 0 Å². The Morgan fingerprint density at radius 3 is 2.07 bits per heavy atom. The highest BCUT2D eigenvalue weighted by Crippen LogP contribution is 2.42. The van der Waals surface area contributed by atoms with Crippen LogP contribution in [0.15, 0.2) is 35.7 Å². The van der Waals surface area contributed by atoms with Crippen molar-refractivity contribution in [3.05, 3.63) is 35.7 Å². The van der Waals surface area contributed by atoms with Crippen molar-refractivity contribution in [1.82, 2.24) is 14.9 Å². The molecule has 2 saturated heterocycles. The molecule has 0 saturated carbocycles. The fraction of sp³-hybridized carbons (Fsp3) is 0.710. The molecule has 0 radical (unpaired) electrons. The maximum absolute atomic E-state index is 13.8. The number of likely N-dealkylation sites (tertiary alicyclic amines) is 1. The highest BCUT2D eigenvalue weighted by molar-refractivity contribution is 5.69. The van der Waals surface area contributed by atoms with Crippen LogP contribution in [-0.4, -0.2) is 89.9 Å². The minimum Gasteiger partial charge on any atom is -0.444 e. The van der Waals surface area contributed by atoms with Gasteiger partial charge in [0, 0.05) is 37.8 Å². The summed E-state index contributed by atoms with van der Waals surface area (Å²) < 4.78 is 93.8. The highest BCUT2D eigenvalue weighted by Gasteiger charge is 2.45. The number of allylic oxidation sites excluding steroid dienone is 3. The highest BCUT2D eigenvalue weighted by atomic mass is 19.4. The zero-order valence-corrected chi connectivity index (χ0v) is 26.4. The topological polar surface area (TPSA) is 71.0 Å². The monoisotopic (exact) mass is 647 g/mol. The molecule has 4 rings (SSSR count). The lowest BCUT2D eigenvalue weighted by atomic mass is 9.86. The minimum atomic E-state index is -4.93. The van der Waals surface area contributed by atoms with Gasteiger partial charge in [0.15, 0.2) is 0 Å². The predicted octanol–water partition coefficient (Wildman–Crippen LogP) is 7.07. The van der Waals surface area contributed by atoms with Crippen LogP contribution in [0, 0.1) is 5.92 Å². The van der Waals surface area contributed by atoms with Crippen LogP contribution in [0.3, 0.4) is 0 Å². The summed E-state index contributed by atoms with van der Waals surface area (Å²) in [6.07, 6.45) is -4.49. The zero-order valence-electron chi connectivity index (χ0n) is 26.4. The number of halogens is 6. The Morgan fingerprint density at radius 1 is 1.00 bits per heavy atom. The molecule has 4 atom stereocenters. The lowest BCUT2D eigenvalue weighted by Gasteiger charge is -2.48. The van der Waals surface area contributed by atoms with Crippen LogP contribution < -0.4 is 9.80 Å². The molecule has 3 heterocycles. The van der Waals surface area contributed by atoms with E-state index in [1.54, 1.807) is 43.0 Å². The van der Waals surface area contributed by atoms with Crippen LogP contribution in [0.5, 0.6) is 0 Å². The summed E-state index contributed by atoms with van der Waals surface area (Å²) in [5.41, 5.74) is -1.29. The first kappa shape index (κ1) is 34.8. The van der Waals surface area contributed by atoms with E-state index >= 15 is 0 Å². The Labute approximate surface area is 260 Å². The van der Waals surface area contributed by atoms with Gasteiger partial charge in [-0.1, -0.05) is 19.9 Å². The van der Waals surface area contributed by atoms with Gasteiger partial charge < -0.3 is 24.2 Å². The van der Waals surface area contributed by atoms with Gasteiger partial charge in [-0.15, -0.1) is 0 Å². The maximum atomic E-state index is 13.8. The number of hydrogen-bond donors (Lipinski definition) is 0. The Kier molecular flexibility index (Phi) is 10.7. The predicted molar refractivity (Wildman–Crippen MR) is 158 cm³/mol. The molecule has 2 aliphatic heterocycles. The summed E-state index contributed by atoms with van der Waals surface area (Å²) in [4.78, 5) is 28.0. The molecule has 3 aliphatic rings. The minimum absolute atomic E-state index is 0.0105. The van der Waals surface area contributed by atoms with E-state index in [2.05, 4.69) is 14.9 Å².